The van der Waals surface area contributed by atoms with Gasteiger partial charge in [-0.2, -0.15) is 0 Å². The van der Waals surface area contributed by atoms with E-state index in [1.807, 2.05) is 19.9 Å². The van der Waals surface area contributed by atoms with Gasteiger partial charge in [-0.05, 0) is 45.1 Å². The first kappa shape index (κ1) is 14.5. The second-order valence-electron chi connectivity index (χ2n) is 4.99. The number of aromatic amines is 1. The Morgan fingerprint density at radius 1 is 1.30 bits per heavy atom. The van der Waals surface area contributed by atoms with Crippen LogP contribution in [0.1, 0.15) is 26.8 Å². The molecule has 106 valence electrons. The second-order valence-corrected chi connectivity index (χ2v) is 5.38. The van der Waals surface area contributed by atoms with Crippen molar-refractivity contribution in [2.75, 3.05) is 0 Å². The fourth-order valence-electron chi connectivity index (χ4n) is 2.05. The van der Waals surface area contributed by atoms with Crippen LogP contribution in [0.15, 0.2) is 29.1 Å². The Morgan fingerprint density at radius 2 is 1.95 bits per heavy atom. The van der Waals surface area contributed by atoms with Crippen LogP contribution in [0.3, 0.4) is 0 Å². The Bertz CT molecular complexity index is 761. The first-order valence-electron chi connectivity index (χ1n) is 6.45. The summed E-state index contributed by atoms with van der Waals surface area (Å²) in [5, 5.41) is 3.30. The second kappa shape index (κ2) is 5.58. The fraction of sp³-hybridized carbons (Fsp3) is 0.357. The van der Waals surface area contributed by atoms with Gasteiger partial charge in [-0.3, -0.25) is 14.2 Å². The predicted molar refractivity (Wildman–Crippen MR) is 81.4 cm³/mol. The summed E-state index contributed by atoms with van der Waals surface area (Å²) in [7, 11) is 0. The van der Waals surface area contributed by atoms with Crippen molar-refractivity contribution in [2.24, 2.45) is 0 Å². The third-order valence-corrected chi connectivity index (χ3v) is 3.33. The van der Waals surface area contributed by atoms with Gasteiger partial charge in [-0.25, -0.2) is 0 Å². The highest BCUT2D eigenvalue weighted by Gasteiger charge is 2.19. The summed E-state index contributed by atoms with van der Waals surface area (Å²) in [6.07, 6.45) is 0. The zero-order valence-electron chi connectivity index (χ0n) is 11.6. The van der Waals surface area contributed by atoms with Gasteiger partial charge in [0, 0.05) is 6.04 Å². The number of hydrogen-bond acceptors (Lipinski definition) is 3. The van der Waals surface area contributed by atoms with Gasteiger partial charge in [0.1, 0.15) is 6.04 Å². The molecule has 0 saturated carbocycles. The molecule has 0 aliphatic heterocycles. The number of nitrogens with one attached hydrogen (secondary N) is 2. The first-order chi connectivity index (χ1) is 9.41. The lowest BCUT2D eigenvalue weighted by Crippen LogP contribution is -2.39. The Balaban J connectivity index is 2.57. The molecule has 1 aromatic carbocycles. The predicted octanol–water partition coefficient (Wildman–Crippen LogP) is 2.14. The van der Waals surface area contributed by atoms with Crippen LogP contribution < -0.4 is 10.9 Å². The number of carbonyl (C=O) groups is 1. The molecule has 0 radical (unpaired) electrons. The van der Waals surface area contributed by atoms with E-state index < -0.39 is 6.04 Å². The SMILES string of the molecule is CC(C)NC(=O)C(C)n1c(=S)[nH]c2ccccc2c1=O. The van der Waals surface area contributed by atoms with E-state index in [1.54, 1.807) is 25.1 Å². The molecule has 0 aliphatic rings. The summed E-state index contributed by atoms with van der Waals surface area (Å²) < 4.78 is 1.56. The number of hydrogen-bond donors (Lipinski definition) is 2. The van der Waals surface area contributed by atoms with Gasteiger partial charge in [0.05, 0.1) is 10.9 Å². The fourth-order valence-corrected chi connectivity index (χ4v) is 2.40. The highest BCUT2D eigenvalue weighted by atomic mass is 32.1. The van der Waals surface area contributed by atoms with Crippen LogP contribution in [0, 0.1) is 4.77 Å². The van der Waals surface area contributed by atoms with Crippen molar-refractivity contribution in [1.82, 2.24) is 14.9 Å². The van der Waals surface area contributed by atoms with Crippen molar-refractivity contribution in [3.05, 3.63) is 39.4 Å². The molecule has 2 rings (SSSR count). The highest BCUT2D eigenvalue weighted by Crippen LogP contribution is 2.10. The Hall–Kier alpha value is -1.95. The number of aromatic nitrogens is 2. The molecular formula is C14H17N3O2S. The number of H-pyrrole nitrogens is 1. The van der Waals surface area contributed by atoms with Gasteiger partial charge in [-0.1, -0.05) is 12.1 Å². The average Bonchev–Trinajstić information content (AvgIpc) is 2.37. The summed E-state index contributed by atoms with van der Waals surface area (Å²) in [5.41, 5.74) is 0.422. The van der Waals surface area contributed by atoms with Crippen LogP contribution in [0.4, 0.5) is 0 Å². The van der Waals surface area contributed by atoms with E-state index in [-0.39, 0.29) is 22.3 Å². The molecule has 1 unspecified atom stereocenters. The molecule has 0 saturated heterocycles. The van der Waals surface area contributed by atoms with Crippen molar-refractivity contribution in [2.45, 2.75) is 32.9 Å². The van der Waals surface area contributed by atoms with Crippen LogP contribution in [0.25, 0.3) is 10.9 Å². The maximum absolute atomic E-state index is 12.5. The first-order valence-corrected chi connectivity index (χ1v) is 6.86. The van der Waals surface area contributed by atoms with E-state index in [2.05, 4.69) is 10.3 Å². The van der Waals surface area contributed by atoms with Crippen molar-refractivity contribution in [3.8, 4) is 0 Å². The van der Waals surface area contributed by atoms with Crippen LogP contribution in [-0.4, -0.2) is 21.5 Å². The van der Waals surface area contributed by atoms with Crippen LogP contribution in [0.5, 0.6) is 0 Å². The van der Waals surface area contributed by atoms with Crippen molar-refractivity contribution < 1.29 is 4.79 Å². The topological polar surface area (TPSA) is 66.9 Å². The van der Waals surface area contributed by atoms with E-state index >= 15 is 0 Å². The van der Waals surface area contributed by atoms with Gasteiger partial charge in [-0.15, -0.1) is 0 Å². The zero-order chi connectivity index (χ0) is 14.9. The quantitative estimate of drug-likeness (QED) is 0.851. The van der Waals surface area contributed by atoms with Gasteiger partial charge >= 0.3 is 0 Å². The largest absolute Gasteiger partial charge is 0.352 e. The van der Waals surface area contributed by atoms with Crippen molar-refractivity contribution in [3.63, 3.8) is 0 Å². The summed E-state index contributed by atoms with van der Waals surface area (Å²) in [6.45, 7) is 5.40. The number of rotatable bonds is 3. The third kappa shape index (κ3) is 2.65. The molecule has 1 aromatic heterocycles. The maximum Gasteiger partial charge on any atom is 0.262 e. The maximum atomic E-state index is 12.5. The van der Waals surface area contributed by atoms with Crippen molar-refractivity contribution >= 4 is 29.0 Å². The number of nitrogens with zero attached hydrogens (tertiary/aromatic N) is 1. The molecular weight excluding hydrogens is 274 g/mol. The number of benzene rings is 1. The number of fused-ring (bicyclic) bond motifs is 1. The van der Waals surface area contributed by atoms with Gasteiger partial charge in [0.25, 0.3) is 5.56 Å². The van der Waals surface area contributed by atoms with E-state index in [9.17, 15) is 9.59 Å². The molecule has 1 atom stereocenters. The molecule has 0 bridgehead atoms. The molecule has 20 heavy (non-hydrogen) atoms. The summed E-state index contributed by atoms with van der Waals surface area (Å²) in [6, 6.07) is 6.47. The molecule has 0 aliphatic carbocycles. The number of carbonyl (C=O) groups excluding carboxylic acids is 1. The Morgan fingerprint density at radius 3 is 2.60 bits per heavy atom. The standard InChI is InChI=1S/C14H17N3O2S/c1-8(2)15-12(18)9(3)17-13(19)10-6-4-5-7-11(10)16-14(17)20/h4-9H,1-3H3,(H,15,18)(H,16,20). The number of para-hydroxylation sites is 1. The Kier molecular flexibility index (Phi) is 4.04. The lowest BCUT2D eigenvalue weighted by Gasteiger charge is -2.17. The van der Waals surface area contributed by atoms with Crippen LogP contribution >= 0.6 is 12.2 Å². The van der Waals surface area contributed by atoms with Crippen LogP contribution in [-0.2, 0) is 4.79 Å². The van der Waals surface area contributed by atoms with Gasteiger partial charge in [0.15, 0.2) is 4.77 Å². The van der Waals surface area contributed by atoms with Gasteiger partial charge in [0.2, 0.25) is 5.91 Å². The average molecular weight is 291 g/mol. The highest BCUT2D eigenvalue weighted by molar-refractivity contribution is 7.71. The normalized spacial score (nSPS) is 12.6. The van der Waals surface area contributed by atoms with Gasteiger partial charge < -0.3 is 10.3 Å². The molecule has 0 spiro atoms. The molecule has 5 nitrogen and oxygen atoms in total. The minimum Gasteiger partial charge on any atom is -0.352 e. The molecule has 1 heterocycles. The summed E-state index contributed by atoms with van der Waals surface area (Å²) in [4.78, 5) is 27.5. The third-order valence-electron chi connectivity index (χ3n) is 3.03. The van der Waals surface area contributed by atoms with E-state index in [1.165, 1.54) is 4.57 Å². The minimum absolute atomic E-state index is 0.0126. The smallest absolute Gasteiger partial charge is 0.262 e. The molecule has 0 fully saturated rings. The lowest BCUT2D eigenvalue weighted by molar-refractivity contribution is -0.124. The zero-order valence-corrected chi connectivity index (χ0v) is 12.5. The molecule has 1 amide bonds. The number of amides is 1. The molecule has 6 heteroatoms. The Labute approximate surface area is 121 Å². The van der Waals surface area contributed by atoms with E-state index in [4.69, 9.17) is 12.2 Å². The molecule has 2 N–H and O–H groups in total. The van der Waals surface area contributed by atoms with Crippen molar-refractivity contribution in [1.29, 1.82) is 0 Å². The van der Waals surface area contributed by atoms with Crippen LogP contribution in [0.2, 0.25) is 0 Å². The lowest BCUT2D eigenvalue weighted by atomic mass is 10.2. The molecule has 2 aromatic rings. The van der Waals surface area contributed by atoms with E-state index in [0.29, 0.717) is 10.9 Å². The summed E-state index contributed by atoms with van der Waals surface area (Å²) in [5.74, 6) is -0.225. The minimum atomic E-state index is -0.654. The summed E-state index contributed by atoms with van der Waals surface area (Å²) >= 11 is 5.20. The van der Waals surface area contributed by atoms with E-state index in [0.717, 1.165) is 0 Å². The monoisotopic (exact) mass is 291 g/mol.